The van der Waals surface area contributed by atoms with Gasteiger partial charge >= 0.3 is 5.63 Å². The van der Waals surface area contributed by atoms with E-state index in [-0.39, 0.29) is 11.8 Å². The second-order valence-corrected chi connectivity index (χ2v) is 4.94. The largest absolute Gasteiger partial charge is 0.427 e. The molecule has 0 spiro atoms. The van der Waals surface area contributed by atoms with Crippen LogP contribution in [0.2, 0.25) is 0 Å². The lowest BCUT2D eigenvalue weighted by Crippen LogP contribution is -2.38. The second kappa shape index (κ2) is 5.99. The van der Waals surface area contributed by atoms with E-state index in [0.29, 0.717) is 23.9 Å². The van der Waals surface area contributed by atoms with Crippen molar-refractivity contribution in [2.75, 3.05) is 25.0 Å². The Labute approximate surface area is 111 Å². The average Bonchev–Trinajstić information content (AvgIpc) is 2.37. The van der Waals surface area contributed by atoms with Crippen molar-refractivity contribution in [3.05, 3.63) is 28.3 Å². The van der Waals surface area contributed by atoms with Gasteiger partial charge in [-0.25, -0.2) is 4.79 Å². The summed E-state index contributed by atoms with van der Waals surface area (Å²) in [6.07, 6.45) is 0.885. The summed E-state index contributed by atoms with van der Waals surface area (Å²) in [4.78, 5) is 22.6. The molecule has 6 nitrogen and oxygen atoms in total. The van der Waals surface area contributed by atoms with Crippen LogP contribution in [0, 0.1) is 5.92 Å². The van der Waals surface area contributed by atoms with Gasteiger partial charge in [-0.3, -0.25) is 4.79 Å². The molecule has 0 aromatic carbocycles. The van der Waals surface area contributed by atoms with Crippen molar-refractivity contribution in [2.45, 2.75) is 19.3 Å². The molecule has 19 heavy (non-hydrogen) atoms. The highest BCUT2D eigenvalue weighted by molar-refractivity contribution is 5.88. The molecule has 1 aromatic rings. The van der Waals surface area contributed by atoms with Crippen LogP contribution in [-0.2, 0) is 4.79 Å². The summed E-state index contributed by atoms with van der Waals surface area (Å²) in [7, 11) is 0. The predicted molar refractivity (Wildman–Crippen MR) is 72.1 cm³/mol. The van der Waals surface area contributed by atoms with Crippen LogP contribution in [0.1, 0.15) is 25.0 Å². The number of rotatable bonds is 3. The number of hydrogen-bond acceptors (Lipinski definition) is 5. The van der Waals surface area contributed by atoms with Gasteiger partial charge in [0.15, 0.2) is 0 Å². The molecule has 1 aliphatic heterocycles. The highest BCUT2D eigenvalue weighted by Crippen LogP contribution is 2.26. The van der Waals surface area contributed by atoms with Crippen molar-refractivity contribution in [3.63, 3.8) is 0 Å². The van der Waals surface area contributed by atoms with Crippen LogP contribution in [0.25, 0.3) is 0 Å². The molecular formula is C13H19N3O3. The average molecular weight is 265 g/mol. The molecular weight excluding hydrogens is 246 g/mol. The summed E-state index contributed by atoms with van der Waals surface area (Å²) in [6, 6.07) is 3.00. The van der Waals surface area contributed by atoms with E-state index in [4.69, 9.17) is 10.2 Å². The second-order valence-electron chi connectivity index (χ2n) is 4.94. The molecule has 2 rings (SSSR count). The van der Waals surface area contributed by atoms with E-state index in [0.717, 1.165) is 19.5 Å². The van der Waals surface area contributed by atoms with Crippen LogP contribution in [-0.4, -0.2) is 25.5 Å². The van der Waals surface area contributed by atoms with Crippen LogP contribution in [0.3, 0.4) is 0 Å². The smallest absolute Gasteiger partial charge is 0.337 e. The van der Waals surface area contributed by atoms with Crippen molar-refractivity contribution in [2.24, 2.45) is 11.7 Å². The number of amides is 1. The van der Waals surface area contributed by atoms with Crippen molar-refractivity contribution in [1.29, 1.82) is 0 Å². The van der Waals surface area contributed by atoms with Crippen LogP contribution in [0.4, 0.5) is 5.69 Å². The molecule has 4 N–H and O–H groups in total. The van der Waals surface area contributed by atoms with E-state index in [2.05, 4.69) is 10.6 Å². The first-order chi connectivity index (χ1) is 9.08. The Kier molecular flexibility index (Phi) is 4.34. The fourth-order valence-corrected chi connectivity index (χ4v) is 2.40. The molecule has 1 aliphatic rings. The van der Waals surface area contributed by atoms with E-state index >= 15 is 0 Å². The first-order valence-electron chi connectivity index (χ1n) is 6.42. The zero-order valence-electron chi connectivity index (χ0n) is 10.9. The number of carbonyl (C=O) groups is 1. The minimum Gasteiger partial charge on any atom is -0.427 e. The monoisotopic (exact) mass is 265 g/mol. The molecule has 0 bridgehead atoms. The third-order valence-electron chi connectivity index (χ3n) is 3.29. The summed E-state index contributed by atoms with van der Waals surface area (Å²) in [6.45, 7) is 3.66. The van der Waals surface area contributed by atoms with Crippen molar-refractivity contribution in [3.8, 4) is 0 Å². The minimum atomic E-state index is -0.448. The molecule has 6 heteroatoms. The molecule has 0 radical (unpaired) electrons. The normalized spacial score (nSPS) is 23.1. The lowest BCUT2D eigenvalue weighted by atomic mass is 9.88. The first-order valence-corrected chi connectivity index (χ1v) is 6.42. The van der Waals surface area contributed by atoms with Gasteiger partial charge in [0.25, 0.3) is 0 Å². The number of piperidine rings is 1. The summed E-state index contributed by atoms with van der Waals surface area (Å²) in [5, 5.41) is 5.89. The van der Waals surface area contributed by atoms with Gasteiger partial charge in [-0.1, -0.05) is 0 Å². The van der Waals surface area contributed by atoms with E-state index in [1.54, 1.807) is 6.07 Å². The molecule has 1 unspecified atom stereocenters. The number of anilines is 1. The van der Waals surface area contributed by atoms with Gasteiger partial charge in [-0.2, -0.15) is 0 Å². The molecule has 0 saturated carbocycles. The Morgan fingerprint density at radius 2 is 2.32 bits per heavy atom. The van der Waals surface area contributed by atoms with E-state index < -0.39 is 5.63 Å². The molecule has 1 amide bonds. The SMILES string of the molecule is CC(=O)Nc1cc([C@@H]2CNCC(CN)C2)oc(=O)c1. The number of hydrogen-bond donors (Lipinski definition) is 3. The third kappa shape index (κ3) is 3.65. The van der Waals surface area contributed by atoms with Crippen molar-refractivity contribution < 1.29 is 9.21 Å². The molecule has 1 aromatic heterocycles. The van der Waals surface area contributed by atoms with Crippen molar-refractivity contribution in [1.82, 2.24) is 5.32 Å². The van der Waals surface area contributed by atoms with E-state index in [9.17, 15) is 9.59 Å². The fourth-order valence-electron chi connectivity index (χ4n) is 2.40. The maximum Gasteiger partial charge on any atom is 0.337 e. The van der Waals surface area contributed by atoms with Gasteiger partial charge in [0.05, 0.1) is 5.69 Å². The van der Waals surface area contributed by atoms with E-state index in [1.807, 2.05) is 0 Å². The standard InChI is InChI=1S/C13H19N3O3/c1-8(17)16-11-3-12(19-13(18)4-11)10-2-9(5-14)6-15-7-10/h3-4,9-10,15H,2,5-7,14H2,1H3,(H,16,17)/t9?,10-/m0/s1. The number of nitrogens with two attached hydrogens (primary N) is 1. The first kappa shape index (κ1) is 13.8. The van der Waals surface area contributed by atoms with Gasteiger partial charge in [0.1, 0.15) is 5.76 Å². The Morgan fingerprint density at radius 3 is 3.00 bits per heavy atom. The van der Waals surface area contributed by atoms with Crippen LogP contribution >= 0.6 is 0 Å². The lowest BCUT2D eigenvalue weighted by Gasteiger charge is -2.28. The number of nitrogens with one attached hydrogen (secondary N) is 2. The minimum absolute atomic E-state index is 0.115. The summed E-state index contributed by atoms with van der Waals surface area (Å²) >= 11 is 0. The Morgan fingerprint density at radius 1 is 1.53 bits per heavy atom. The van der Waals surface area contributed by atoms with Gasteiger partial charge < -0.3 is 20.8 Å². The van der Waals surface area contributed by atoms with Crippen LogP contribution in [0.5, 0.6) is 0 Å². The Hall–Kier alpha value is -1.66. The Balaban J connectivity index is 2.21. The quantitative estimate of drug-likeness (QED) is 0.728. The lowest BCUT2D eigenvalue weighted by molar-refractivity contribution is -0.114. The van der Waals surface area contributed by atoms with Gasteiger partial charge in [0.2, 0.25) is 5.91 Å². The molecule has 2 heterocycles. The van der Waals surface area contributed by atoms with Crippen LogP contribution < -0.4 is 22.0 Å². The van der Waals surface area contributed by atoms with Gasteiger partial charge in [-0.15, -0.1) is 0 Å². The fraction of sp³-hybridized carbons (Fsp3) is 0.538. The number of carbonyl (C=O) groups excluding carboxylic acids is 1. The highest BCUT2D eigenvalue weighted by Gasteiger charge is 2.24. The Bertz CT molecular complexity index is 512. The van der Waals surface area contributed by atoms with Crippen LogP contribution in [0.15, 0.2) is 21.3 Å². The molecule has 1 saturated heterocycles. The molecule has 1 fully saturated rings. The molecule has 2 atom stereocenters. The third-order valence-corrected chi connectivity index (χ3v) is 3.29. The summed E-state index contributed by atoms with van der Waals surface area (Å²) in [5.41, 5.74) is 5.71. The summed E-state index contributed by atoms with van der Waals surface area (Å²) in [5.74, 6) is 0.886. The molecule has 0 aliphatic carbocycles. The topological polar surface area (TPSA) is 97.4 Å². The summed E-state index contributed by atoms with van der Waals surface area (Å²) < 4.78 is 5.24. The van der Waals surface area contributed by atoms with Gasteiger partial charge in [0, 0.05) is 31.5 Å². The van der Waals surface area contributed by atoms with Gasteiger partial charge in [-0.05, 0) is 25.4 Å². The maximum absolute atomic E-state index is 11.5. The predicted octanol–water partition coefficient (Wildman–Crippen LogP) is 0.250. The zero-order chi connectivity index (χ0) is 13.8. The molecule has 104 valence electrons. The highest BCUT2D eigenvalue weighted by atomic mass is 16.4. The van der Waals surface area contributed by atoms with E-state index in [1.165, 1.54) is 13.0 Å². The maximum atomic E-state index is 11.5. The van der Waals surface area contributed by atoms with Crippen molar-refractivity contribution >= 4 is 11.6 Å². The zero-order valence-corrected chi connectivity index (χ0v) is 10.9.